The summed E-state index contributed by atoms with van der Waals surface area (Å²) in [5.74, 6) is 0.251. The third kappa shape index (κ3) is 5.36. The van der Waals surface area contributed by atoms with Gasteiger partial charge in [-0.2, -0.15) is 16.8 Å². The molecule has 0 atom stereocenters. The molecule has 1 amide bonds. The van der Waals surface area contributed by atoms with Gasteiger partial charge in [-0.1, -0.05) is 31.3 Å². The quantitative estimate of drug-likeness (QED) is 0.363. The average molecular weight is 461 g/mol. The summed E-state index contributed by atoms with van der Waals surface area (Å²) in [7, 11) is 1.37. The first kappa shape index (κ1) is 22.7. The monoisotopic (exact) mass is 460 g/mol. The van der Waals surface area contributed by atoms with Crippen LogP contribution in [-0.4, -0.2) is 40.8 Å². The van der Waals surface area contributed by atoms with Crippen LogP contribution in [0.25, 0.3) is 10.2 Å². The molecule has 1 heterocycles. The number of benzene rings is 2. The Kier molecular flexibility index (Phi) is 7.80. The molecule has 0 aliphatic heterocycles. The van der Waals surface area contributed by atoms with Crippen molar-refractivity contribution in [3.05, 3.63) is 58.4 Å². The smallest absolute Gasteiger partial charge is 0.337 e. The van der Waals surface area contributed by atoms with Gasteiger partial charge in [0, 0.05) is 28.0 Å². The summed E-state index contributed by atoms with van der Waals surface area (Å²) in [4.78, 5) is 30.9. The molecule has 0 bridgehead atoms. The second-order valence-electron chi connectivity index (χ2n) is 6.81. The van der Waals surface area contributed by atoms with Crippen LogP contribution in [0.15, 0.2) is 52.4 Å². The van der Waals surface area contributed by atoms with E-state index in [0.29, 0.717) is 21.2 Å². The number of esters is 1. The van der Waals surface area contributed by atoms with Crippen molar-refractivity contribution in [2.24, 2.45) is 4.99 Å². The number of ether oxygens (including phenoxy) is 1. The minimum Gasteiger partial charge on any atom is -0.465 e. The van der Waals surface area contributed by atoms with E-state index in [0.717, 1.165) is 27.4 Å². The van der Waals surface area contributed by atoms with Crippen molar-refractivity contribution in [2.45, 2.75) is 30.5 Å². The molecule has 0 unspecified atom stereocenters. The van der Waals surface area contributed by atoms with Gasteiger partial charge in [-0.25, -0.2) is 4.79 Å². The lowest BCUT2D eigenvalue weighted by atomic mass is 10.2. The number of hydrogen-bond acceptors (Lipinski definition) is 6. The molecule has 3 aromatic rings. The SMILES string of the molecule is COC(=O)c1ccc2c(c1)sc(=NC(=O)c1cccc(SC(C)C)c1)n2CCSC. The standard InChI is InChI=1S/C22H24N2O3S3/c1-14(2)29-17-7-5-6-15(12-17)20(25)23-22-24(10-11-28-4)18-9-8-16(21(26)27-3)13-19(18)30-22/h5-9,12-14H,10-11H2,1-4H3. The summed E-state index contributed by atoms with van der Waals surface area (Å²) in [6, 6.07) is 13.0. The van der Waals surface area contributed by atoms with Crippen molar-refractivity contribution in [3.8, 4) is 0 Å². The number of hydrogen-bond donors (Lipinski definition) is 0. The lowest BCUT2D eigenvalue weighted by Crippen LogP contribution is -2.18. The molecule has 5 nitrogen and oxygen atoms in total. The summed E-state index contributed by atoms with van der Waals surface area (Å²) < 4.78 is 7.77. The van der Waals surface area contributed by atoms with Crippen molar-refractivity contribution in [3.63, 3.8) is 0 Å². The molecular weight excluding hydrogens is 436 g/mol. The number of thioether (sulfide) groups is 2. The zero-order chi connectivity index (χ0) is 21.7. The number of carbonyl (C=O) groups is 2. The first-order valence-electron chi connectivity index (χ1n) is 9.49. The van der Waals surface area contributed by atoms with Crippen LogP contribution in [0.3, 0.4) is 0 Å². The second kappa shape index (κ2) is 10.3. The molecule has 30 heavy (non-hydrogen) atoms. The lowest BCUT2D eigenvalue weighted by molar-refractivity contribution is 0.0601. The molecule has 8 heteroatoms. The predicted octanol–water partition coefficient (Wildman–Crippen LogP) is 5.09. The fraction of sp³-hybridized carbons (Fsp3) is 0.318. The van der Waals surface area contributed by atoms with E-state index < -0.39 is 0 Å². The van der Waals surface area contributed by atoms with Crippen LogP contribution in [0.2, 0.25) is 0 Å². The van der Waals surface area contributed by atoms with E-state index in [1.165, 1.54) is 18.4 Å². The molecule has 0 aliphatic carbocycles. The zero-order valence-corrected chi connectivity index (χ0v) is 19.8. The molecule has 158 valence electrons. The molecule has 1 aromatic heterocycles. The van der Waals surface area contributed by atoms with Crippen LogP contribution in [0.1, 0.15) is 34.6 Å². The largest absolute Gasteiger partial charge is 0.465 e. The fourth-order valence-electron chi connectivity index (χ4n) is 2.93. The van der Waals surface area contributed by atoms with Crippen LogP contribution >= 0.6 is 34.9 Å². The highest BCUT2D eigenvalue weighted by molar-refractivity contribution is 8.00. The number of aryl methyl sites for hydroxylation is 1. The highest BCUT2D eigenvalue weighted by Crippen LogP contribution is 2.24. The number of methoxy groups -OCH3 is 1. The van der Waals surface area contributed by atoms with Gasteiger partial charge in [0.25, 0.3) is 5.91 Å². The van der Waals surface area contributed by atoms with Gasteiger partial charge in [-0.05, 0) is 42.7 Å². The molecule has 0 saturated heterocycles. The maximum Gasteiger partial charge on any atom is 0.337 e. The van der Waals surface area contributed by atoms with Crippen LogP contribution in [0, 0.1) is 0 Å². The van der Waals surface area contributed by atoms with Crippen molar-refractivity contribution in [2.75, 3.05) is 19.1 Å². The van der Waals surface area contributed by atoms with Gasteiger partial charge in [0.2, 0.25) is 0 Å². The fourth-order valence-corrected chi connectivity index (χ4v) is 5.28. The normalized spacial score (nSPS) is 12.0. The number of amides is 1. The maximum atomic E-state index is 12.9. The van der Waals surface area contributed by atoms with Crippen molar-refractivity contribution < 1.29 is 14.3 Å². The van der Waals surface area contributed by atoms with E-state index in [-0.39, 0.29) is 11.9 Å². The van der Waals surface area contributed by atoms with Gasteiger partial charge in [0.1, 0.15) is 0 Å². The number of aromatic nitrogens is 1. The Morgan fingerprint density at radius 2 is 1.97 bits per heavy atom. The van der Waals surface area contributed by atoms with Crippen LogP contribution < -0.4 is 4.80 Å². The molecular formula is C22H24N2O3S3. The first-order chi connectivity index (χ1) is 14.4. The summed E-state index contributed by atoms with van der Waals surface area (Å²) >= 11 is 4.86. The Hall–Kier alpha value is -2.03. The molecule has 0 aliphatic rings. The van der Waals surface area contributed by atoms with Crippen molar-refractivity contribution in [1.29, 1.82) is 0 Å². The third-order valence-electron chi connectivity index (χ3n) is 4.27. The number of rotatable bonds is 7. The van der Waals surface area contributed by atoms with Crippen molar-refractivity contribution >= 4 is 57.0 Å². The average Bonchev–Trinajstić information content (AvgIpc) is 3.07. The molecule has 3 rings (SSSR count). The third-order valence-corrected chi connectivity index (χ3v) is 6.90. The Labute approximate surface area is 188 Å². The molecule has 2 aromatic carbocycles. The summed E-state index contributed by atoms with van der Waals surface area (Å²) in [6.45, 7) is 4.98. The number of fused-ring (bicyclic) bond motifs is 1. The maximum absolute atomic E-state index is 12.9. The molecule has 0 N–H and O–H groups in total. The van der Waals surface area contributed by atoms with Crippen LogP contribution in [0.4, 0.5) is 0 Å². The van der Waals surface area contributed by atoms with E-state index in [1.807, 2.05) is 35.1 Å². The number of carbonyl (C=O) groups excluding carboxylic acids is 2. The molecule has 0 spiro atoms. The topological polar surface area (TPSA) is 60.7 Å². The molecule has 0 saturated carbocycles. The van der Waals surface area contributed by atoms with Gasteiger partial charge in [-0.15, -0.1) is 11.8 Å². The van der Waals surface area contributed by atoms with Gasteiger partial charge >= 0.3 is 5.97 Å². The first-order valence-corrected chi connectivity index (χ1v) is 12.6. The zero-order valence-electron chi connectivity index (χ0n) is 17.4. The molecule has 0 radical (unpaired) electrons. The summed E-state index contributed by atoms with van der Waals surface area (Å²) in [5, 5.41) is 0.438. The van der Waals surface area contributed by atoms with E-state index in [9.17, 15) is 9.59 Å². The Bertz CT molecular complexity index is 1130. The summed E-state index contributed by atoms with van der Waals surface area (Å²) in [5.41, 5.74) is 2.02. The highest BCUT2D eigenvalue weighted by Gasteiger charge is 2.13. The van der Waals surface area contributed by atoms with Gasteiger partial charge in [-0.3, -0.25) is 4.79 Å². The van der Waals surface area contributed by atoms with Gasteiger partial charge in [0.05, 0.1) is 22.9 Å². The van der Waals surface area contributed by atoms with Crippen molar-refractivity contribution in [1.82, 2.24) is 4.57 Å². The lowest BCUT2D eigenvalue weighted by Gasteiger charge is -2.06. The van der Waals surface area contributed by atoms with Crippen LogP contribution in [-0.2, 0) is 11.3 Å². The Morgan fingerprint density at radius 3 is 2.67 bits per heavy atom. The van der Waals surface area contributed by atoms with E-state index in [1.54, 1.807) is 41.7 Å². The van der Waals surface area contributed by atoms with E-state index in [2.05, 4.69) is 18.8 Å². The van der Waals surface area contributed by atoms with E-state index >= 15 is 0 Å². The van der Waals surface area contributed by atoms with Gasteiger partial charge in [0.15, 0.2) is 4.80 Å². The summed E-state index contributed by atoms with van der Waals surface area (Å²) in [6.07, 6.45) is 2.05. The number of nitrogens with zero attached hydrogens (tertiary/aromatic N) is 2. The Morgan fingerprint density at radius 1 is 1.17 bits per heavy atom. The second-order valence-corrected chi connectivity index (χ2v) is 10.5. The predicted molar refractivity (Wildman–Crippen MR) is 127 cm³/mol. The van der Waals surface area contributed by atoms with Gasteiger partial charge < -0.3 is 9.30 Å². The van der Waals surface area contributed by atoms with E-state index in [4.69, 9.17) is 4.74 Å². The minimum absolute atomic E-state index is 0.265. The minimum atomic E-state index is -0.380. The number of thiazole rings is 1. The Balaban J connectivity index is 2.05. The highest BCUT2D eigenvalue weighted by atomic mass is 32.2. The molecule has 0 fully saturated rings. The van der Waals surface area contributed by atoms with Crippen LogP contribution in [0.5, 0.6) is 0 Å².